The van der Waals surface area contributed by atoms with Crippen molar-refractivity contribution in [2.24, 2.45) is 0 Å². The molecular formula is C16H27NS. The van der Waals surface area contributed by atoms with Crippen molar-refractivity contribution >= 4 is 17.4 Å². The number of nitrogen functional groups attached to an aromatic ring is 1. The third-order valence-corrected chi connectivity index (χ3v) is 4.58. The summed E-state index contributed by atoms with van der Waals surface area (Å²) in [5.74, 6) is 1.22. The predicted molar refractivity (Wildman–Crippen MR) is 84.3 cm³/mol. The summed E-state index contributed by atoms with van der Waals surface area (Å²) in [5.41, 5.74) is 8.06. The number of unbranched alkanes of at least 4 members (excludes halogenated alkanes) is 6. The van der Waals surface area contributed by atoms with Gasteiger partial charge in [-0.15, -0.1) is 11.8 Å². The Balaban J connectivity index is 2.09. The van der Waals surface area contributed by atoms with Crippen molar-refractivity contribution in [3.8, 4) is 0 Å². The molecule has 102 valence electrons. The summed E-state index contributed by atoms with van der Waals surface area (Å²) in [7, 11) is 0. The van der Waals surface area contributed by atoms with Gasteiger partial charge in [-0.3, -0.25) is 0 Å². The molecule has 0 aliphatic rings. The van der Waals surface area contributed by atoms with Crippen molar-refractivity contribution < 1.29 is 0 Å². The molecule has 0 heterocycles. The Bertz CT molecular complexity index is 336. The Morgan fingerprint density at radius 2 is 1.67 bits per heavy atom. The lowest BCUT2D eigenvalue weighted by Crippen LogP contribution is -1.91. The summed E-state index contributed by atoms with van der Waals surface area (Å²) in [6, 6.07) is 6.21. The van der Waals surface area contributed by atoms with Crippen LogP contribution in [0.15, 0.2) is 23.1 Å². The van der Waals surface area contributed by atoms with Crippen molar-refractivity contribution in [1.29, 1.82) is 0 Å². The van der Waals surface area contributed by atoms with Gasteiger partial charge in [0.25, 0.3) is 0 Å². The van der Waals surface area contributed by atoms with Crippen LogP contribution in [0.5, 0.6) is 0 Å². The second kappa shape index (κ2) is 9.32. The van der Waals surface area contributed by atoms with Crippen molar-refractivity contribution in [3.63, 3.8) is 0 Å². The number of hydrogen-bond acceptors (Lipinski definition) is 2. The number of anilines is 1. The number of benzene rings is 1. The summed E-state index contributed by atoms with van der Waals surface area (Å²) < 4.78 is 0. The molecule has 1 rings (SSSR count). The molecule has 0 radical (unpaired) electrons. The first kappa shape index (κ1) is 15.4. The average molecular weight is 265 g/mol. The minimum absolute atomic E-state index is 0.916. The zero-order chi connectivity index (χ0) is 13.2. The van der Waals surface area contributed by atoms with E-state index < -0.39 is 0 Å². The van der Waals surface area contributed by atoms with E-state index in [1.807, 2.05) is 17.8 Å². The van der Waals surface area contributed by atoms with E-state index in [0.717, 1.165) is 5.69 Å². The monoisotopic (exact) mass is 265 g/mol. The van der Waals surface area contributed by atoms with Crippen molar-refractivity contribution in [1.82, 2.24) is 0 Å². The summed E-state index contributed by atoms with van der Waals surface area (Å²) in [4.78, 5) is 1.35. The van der Waals surface area contributed by atoms with E-state index in [0.29, 0.717) is 0 Å². The second-order valence-corrected chi connectivity index (χ2v) is 6.08. The maximum Gasteiger partial charge on any atom is 0.0354 e. The van der Waals surface area contributed by atoms with E-state index >= 15 is 0 Å². The molecule has 0 bridgehead atoms. The van der Waals surface area contributed by atoms with Crippen molar-refractivity contribution in [2.45, 2.75) is 63.7 Å². The molecule has 0 fully saturated rings. The number of nitrogens with two attached hydrogens (primary N) is 1. The molecule has 1 aromatic rings. The topological polar surface area (TPSA) is 26.0 Å². The molecule has 18 heavy (non-hydrogen) atoms. The molecule has 2 heteroatoms. The van der Waals surface area contributed by atoms with Crippen LogP contribution in [0, 0.1) is 6.92 Å². The lowest BCUT2D eigenvalue weighted by Gasteiger charge is -2.07. The molecule has 2 N–H and O–H groups in total. The highest BCUT2D eigenvalue weighted by molar-refractivity contribution is 7.99. The maximum atomic E-state index is 5.91. The second-order valence-electron chi connectivity index (χ2n) is 4.94. The van der Waals surface area contributed by atoms with Gasteiger partial charge >= 0.3 is 0 Å². The Hall–Kier alpha value is -0.630. The summed E-state index contributed by atoms with van der Waals surface area (Å²) in [5, 5.41) is 0. The van der Waals surface area contributed by atoms with Crippen molar-refractivity contribution in [3.05, 3.63) is 23.8 Å². The van der Waals surface area contributed by atoms with Gasteiger partial charge in [0.15, 0.2) is 0 Å². The van der Waals surface area contributed by atoms with Gasteiger partial charge in [-0.2, -0.15) is 0 Å². The van der Waals surface area contributed by atoms with Gasteiger partial charge < -0.3 is 5.73 Å². The fourth-order valence-electron chi connectivity index (χ4n) is 2.03. The van der Waals surface area contributed by atoms with Crippen LogP contribution < -0.4 is 5.73 Å². The van der Waals surface area contributed by atoms with E-state index in [2.05, 4.69) is 26.0 Å². The standard InChI is InChI=1S/C16H27NS/c1-3-4-5-6-7-8-9-13-18-16-12-10-11-15(17)14(16)2/h10-12H,3-9,13,17H2,1-2H3. The average Bonchev–Trinajstić information content (AvgIpc) is 2.37. The molecule has 0 aliphatic carbocycles. The van der Waals surface area contributed by atoms with Crippen LogP contribution in [0.1, 0.15) is 57.4 Å². The zero-order valence-electron chi connectivity index (χ0n) is 11.9. The van der Waals surface area contributed by atoms with E-state index in [9.17, 15) is 0 Å². The molecule has 0 unspecified atom stereocenters. The highest BCUT2D eigenvalue weighted by Crippen LogP contribution is 2.27. The van der Waals surface area contributed by atoms with Gasteiger partial charge in [0, 0.05) is 10.6 Å². The van der Waals surface area contributed by atoms with Gasteiger partial charge in [0.1, 0.15) is 0 Å². The number of rotatable bonds is 9. The number of hydrogen-bond donors (Lipinski definition) is 1. The molecule has 1 nitrogen and oxygen atoms in total. The largest absolute Gasteiger partial charge is 0.398 e. The normalized spacial score (nSPS) is 10.8. The fourth-order valence-corrected chi connectivity index (χ4v) is 3.11. The summed E-state index contributed by atoms with van der Waals surface area (Å²) >= 11 is 1.95. The van der Waals surface area contributed by atoms with Crippen LogP contribution in [-0.2, 0) is 0 Å². The summed E-state index contributed by atoms with van der Waals surface area (Å²) in [6.45, 7) is 4.38. The Labute approximate surface area is 117 Å². The molecule has 0 atom stereocenters. The molecular weight excluding hydrogens is 238 g/mol. The molecule has 0 spiro atoms. The smallest absolute Gasteiger partial charge is 0.0354 e. The number of thioether (sulfide) groups is 1. The van der Waals surface area contributed by atoms with Gasteiger partial charge in [-0.25, -0.2) is 0 Å². The van der Waals surface area contributed by atoms with Crippen LogP contribution in [0.25, 0.3) is 0 Å². The van der Waals surface area contributed by atoms with E-state index in [1.165, 1.54) is 61.2 Å². The third kappa shape index (κ3) is 5.81. The predicted octanol–water partition coefficient (Wildman–Crippen LogP) is 5.42. The fraction of sp³-hybridized carbons (Fsp3) is 0.625. The molecule has 1 aromatic carbocycles. The maximum absolute atomic E-state index is 5.91. The van der Waals surface area contributed by atoms with E-state index in [-0.39, 0.29) is 0 Å². The minimum Gasteiger partial charge on any atom is -0.398 e. The molecule has 0 amide bonds. The van der Waals surface area contributed by atoms with E-state index in [1.54, 1.807) is 0 Å². The van der Waals surface area contributed by atoms with Crippen molar-refractivity contribution in [2.75, 3.05) is 11.5 Å². The lowest BCUT2D eigenvalue weighted by atomic mass is 10.1. The van der Waals surface area contributed by atoms with Gasteiger partial charge in [-0.1, -0.05) is 51.5 Å². The highest BCUT2D eigenvalue weighted by Gasteiger charge is 2.01. The van der Waals surface area contributed by atoms with Gasteiger partial charge in [-0.05, 0) is 36.8 Å². The molecule has 0 saturated heterocycles. The van der Waals surface area contributed by atoms with Crippen LogP contribution in [0.2, 0.25) is 0 Å². The first-order valence-electron chi connectivity index (χ1n) is 7.23. The first-order chi connectivity index (χ1) is 8.75. The summed E-state index contributed by atoms with van der Waals surface area (Å²) in [6.07, 6.45) is 9.66. The molecule has 0 aliphatic heterocycles. The minimum atomic E-state index is 0.916. The first-order valence-corrected chi connectivity index (χ1v) is 8.22. The third-order valence-electron chi connectivity index (χ3n) is 3.33. The lowest BCUT2D eigenvalue weighted by molar-refractivity contribution is 0.603. The van der Waals surface area contributed by atoms with Crippen LogP contribution in [-0.4, -0.2) is 5.75 Å². The zero-order valence-corrected chi connectivity index (χ0v) is 12.7. The Kier molecular flexibility index (Phi) is 7.99. The van der Waals surface area contributed by atoms with Crippen LogP contribution in [0.4, 0.5) is 5.69 Å². The van der Waals surface area contributed by atoms with Crippen LogP contribution in [0.3, 0.4) is 0 Å². The SMILES string of the molecule is CCCCCCCCCSc1cccc(N)c1C. The van der Waals surface area contributed by atoms with Crippen LogP contribution >= 0.6 is 11.8 Å². The Morgan fingerprint density at radius 3 is 2.39 bits per heavy atom. The molecule has 0 aromatic heterocycles. The van der Waals surface area contributed by atoms with Gasteiger partial charge in [0.05, 0.1) is 0 Å². The van der Waals surface area contributed by atoms with Gasteiger partial charge in [0.2, 0.25) is 0 Å². The highest BCUT2D eigenvalue weighted by atomic mass is 32.2. The quantitative estimate of drug-likeness (QED) is 0.366. The Morgan fingerprint density at radius 1 is 1.00 bits per heavy atom. The van der Waals surface area contributed by atoms with E-state index in [4.69, 9.17) is 5.73 Å². The molecule has 0 saturated carbocycles.